The predicted molar refractivity (Wildman–Crippen MR) is 80.9 cm³/mol. The average molecular weight is 289 g/mol. The molecule has 0 aromatic heterocycles. The molecular formula is C17H23NO3. The van der Waals surface area contributed by atoms with Crippen LogP contribution >= 0.6 is 0 Å². The van der Waals surface area contributed by atoms with Gasteiger partial charge in [0.05, 0.1) is 12.0 Å². The highest BCUT2D eigenvalue weighted by atomic mass is 16.4. The minimum atomic E-state index is -0.785. The Hall–Kier alpha value is -1.84. The van der Waals surface area contributed by atoms with Crippen molar-refractivity contribution in [2.45, 2.75) is 46.1 Å². The summed E-state index contributed by atoms with van der Waals surface area (Å²) in [4.78, 5) is 23.2. The van der Waals surface area contributed by atoms with Gasteiger partial charge in [0, 0.05) is 5.92 Å². The zero-order valence-corrected chi connectivity index (χ0v) is 12.8. The molecule has 0 aliphatic heterocycles. The summed E-state index contributed by atoms with van der Waals surface area (Å²) in [5.41, 5.74) is 3.48. The van der Waals surface area contributed by atoms with Crippen LogP contribution in [0.4, 0.5) is 0 Å². The standard InChI is InChI=1S/C17H23NO3/c1-10-4-7-15(11(2)8-10)12(3)18-16(19)13-5-6-14(9-13)17(20)21/h4,7-8,12-14H,5-6,9H2,1-3H3,(H,18,19)(H,20,21)/t12?,13-,14+/m1/s1. The number of nitrogens with one attached hydrogen (secondary N) is 1. The van der Waals surface area contributed by atoms with Gasteiger partial charge >= 0.3 is 5.97 Å². The van der Waals surface area contributed by atoms with E-state index in [1.807, 2.05) is 32.9 Å². The third kappa shape index (κ3) is 3.63. The van der Waals surface area contributed by atoms with Crippen molar-refractivity contribution in [3.63, 3.8) is 0 Å². The maximum absolute atomic E-state index is 12.3. The van der Waals surface area contributed by atoms with Crippen LogP contribution in [0.2, 0.25) is 0 Å². The van der Waals surface area contributed by atoms with Crippen molar-refractivity contribution in [2.75, 3.05) is 0 Å². The highest BCUT2D eigenvalue weighted by molar-refractivity contribution is 5.81. The number of rotatable bonds is 4. The Kier molecular flexibility index (Phi) is 4.66. The molecule has 1 aromatic rings. The average Bonchev–Trinajstić information content (AvgIpc) is 2.88. The van der Waals surface area contributed by atoms with Gasteiger partial charge in [-0.15, -0.1) is 0 Å². The highest BCUT2D eigenvalue weighted by Crippen LogP contribution is 2.31. The van der Waals surface area contributed by atoms with Crippen molar-refractivity contribution < 1.29 is 14.7 Å². The number of carbonyl (C=O) groups is 2. The maximum atomic E-state index is 12.3. The van der Waals surface area contributed by atoms with Gasteiger partial charge in [0.15, 0.2) is 0 Å². The van der Waals surface area contributed by atoms with E-state index in [1.54, 1.807) is 0 Å². The fourth-order valence-corrected chi connectivity index (χ4v) is 3.16. The largest absolute Gasteiger partial charge is 0.481 e. The van der Waals surface area contributed by atoms with Gasteiger partial charge in [0.25, 0.3) is 0 Å². The lowest BCUT2D eigenvalue weighted by Gasteiger charge is -2.19. The number of aliphatic carboxylic acids is 1. The van der Waals surface area contributed by atoms with Crippen molar-refractivity contribution >= 4 is 11.9 Å². The minimum Gasteiger partial charge on any atom is -0.481 e. The summed E-state index contributed by atoms with van der Waals surface area (Å²) >= 11 is 0. The van der Waals surface area contributed by atoms with Gasteiger partial charge in [0.1, 0.15) is 0 Å². The SMILES string of the molecule is Cc1ccc(C(C)NC(=O)[C@@H]2CC[C@H](C(=O)O)C2)c(C)c1. The summed E-state index contributed by atoms with van der Waals surface area (Å²) in [6, 6.07) is 6.14. The van der Waals surface area contributed by atoms with Gasteiger partial charge in [-0.2, -0.15) is 0 Å². The van der Waals surface area contributed by atoms with E-state index in [0.29, 0.717) is 19.3 Å². The van der Waals surface area contributed by atoms with Crippen molar-refractivity contribution in [2.24, 2.45) is 11.8 Å². The molecule has 0 radical (unpaired) electrons. The Bertz CT molecular complexity index is 553. The Morgan fingerprint density at radius 1 is 1.24 bits per heavy atom. The molecule has 3 atom stereocenters. The number of amides is 1. The Morgan fingerprint density at radius 2 is 1.90 bits per heavy atom. The van der Waals surface area contributed by atoms with E-state index < -0.39 is 5.97 Å². The van der Waals surface area contributed by atoms with E-state index in [-0.39, 0.29) is 23.8 Å². The number of aryl methyl sites for hydroxylation is 2. The first-order chi connectivity index (χ1) is 9.88. The number of hydrogen-bond donors (Lipinski definition) is 2. The van der Waals surface area contributed by atoms with E-state index in [0.717, 1.165) is 11.1 Å². The number of carbonyl (C=O) groups excluding carboxylic acids is 1. The third-order valence-corrected chi connectivity index (χ3v) is 4.40. The number of hydrogen-bond acceptors (Lipinski definition) is 2. The molecule has 1 aliphatic carbocycles. The van der Waals surface area contributed by atoms with Crippen LogP contribution in [-0.2, 0) is 9.59 Å². The van der Waals surface area contributed by atoms with E-state index in [4.69, 9.17) is 5.11 Å². The lowest BCUT2D eigenvalue weighted by atomic mass is 9.99. The first-order valence-corrected chi connectivity index (χ1v) is 7.48. The van der Waals surface area contributed by atoms with Gasteiger partial charge in [-0.05, 0) is 51.2 Å². The van der Waals surface area contributed by atoms with Gasteiger partial charge in [-0.1, -0.05) is 23.8 Å². The first kappa shape index (κ1) is 15.5. The van der Waals surface area contributed by atoms with Gasteiger partial charge < -0.3 is 10.4 Å². The second kappa shape index (κ2) is 6.29. The quantitative estimate of drug-likeness (QED) is 0.895. The molecule has 21 heavy (non-hydrogen) atoms. The van der Waals surface area contributed by atoms with Gasteiger partial charge in [0.2, 0.25) is 5.91 Å². The molecule has 2 N–H and O–H groups in total. The summed E-state index contributed by atoms with van der Waals surface area (Å²) in [5.74, 6) is -1.34. The van der Waals surface area contributed by atoms with Crippen LogP contribution in [0.25, 0.3) is 0 Å². The number of benzene rings is 1. The summed E-state index contributed by atoms with van der Waals surface area (Å²) in [6.07, 6.45) is 1.73. The summed E-state index contributed by atoms with van der Waals surface area (Å²) in [6.45, 7) is 6.06. The van der Waals surface area contributed by atoms with Crippen LogP contribution in [0.3, 0.4) is 0 Å². The summed E-state index contributed by atoms with van der Waals surface area (Å²) in [5, 5.41) is 12.0. The van der Waals surface area contributed by atoms with Crippen molar-refractivity contribution in [3.8, 4) is 0 Å². The molecule has 1 aromatic carbocycles. The maximum Gasteiger partial charge on any atom is 0.306 e. The lowest BCUT2D eigenvalue weighted by Crippen LogP contribution is -2.32. The molecular weight excluding hydrogens is 266 g/mol. The molecule has 0 bridgehead atoms. The normalized spacial score (nSPS) is 22.8. The molecule has 4 nitrogen and oxygen atoms in total. The van der Waals surface area contributed by atoms with Crippen molar-refractivity contribution in [1.29, 1.82) is 0 Å². The number of carboxylic acid groups (broad SMARTS) is 1. The third-order valence-electron chi connectivity index (χ3n) is 4.40. The Labute approximate surface area is 125 Å². The molecule has 0 heterocycles. The smallest absolute Gasteiger partial charge is 0.306 e. The fourth-order valence-electron chi connectivity index (χ4n) is 3.16. The zero-order valence-electron chi connectivity index (χ0n) is 12.8. The van der Waals surface area contributed by atoms with Crippen LogP contribution in [-0.4, -0.2) is 17.0 Å². The Balaban J connectivity index is 1.98. The second-order valence-corrected chi connectivity index (χ2v) is 6.14. The second-order valence-electron chi connectivity index (χ2n) is 6.14. The molecule has 1 aliphatic rings. The van der Waals surface area contributed by atoms with Gasteiger partial charge in [-0.25, -0.2) is 0 Å². The molecule has 1 amide bonds. The minimum absolute atomic E-state index is 0.0220. The van der Waals surface area contributed by atoms with E-state index in [1.165, 1.54) is 5.56 Å². The van der Waals surface area contributed by atoms with Gasteiger partial charge in [-0.3, -0.25) is 9.59 Å². The zero-order chi connectivity index (χ0) is 15.6. The number of carboxylic acids is 1. The van der Waals surface area contributed by atoms with Crippen LogP contribution in [0.1, 0.15) is 48.9 Å². The van der Waals surface area contributed by atoms with Crippen molar-refractivity contribution in [1.82, 2.24) is 5.32 Å². The molecule has 1 fully saturated rings. The molecule has 0 saturated heterocycles. The first-order valence-electron chi connectivity index (χ1n) is 7.48. The van der Waals surface area contributed by atoms with Crippen LogP contribution in [0, 0.1) is 25.7 Å². The van der Waals surface area contributed by atoms with E-state index in [9.17, 15) is 9.59 Å². The van der Waals surface area contributed by atoms with Crippen LogP contribution in [0.15, 0.2) is 18.2 Å². The molecule has 2 rings (SSSR count). The molecule has 1 unspecified atom stereocenters. The van der Waals surface area contributed by atoms with Crippen LogP contribution < -0.4 is 5.32 Å². The van der Waals surface area contributed by atoms with E-state index >= 15 is 0 Å². The monoisotopic (exact) mass is 289 g/mol. The molecule has 114 valence electrons. The Morgan fingerprint density at radius 3 is 2.48 bits per heavy atom. The molecule has 4 heteroatoms. The highest BCUT2D eigenvalue weighted by Gasteiger charge is 2.34. The topological polar surface area (TPSA) is 66.4 Å². The molecule has 1 saturated carbocycles. The predicted octanol–water partition coefficient (Wildman–Crippen LogP) is 2.98. The van der Waals surface area contributed by atoms with E-state index in [2.05, 4.69) is 11.4 Å². The summed E-state index contributed by atoms with van der Waals surface area (Å²) < 4.78 is 0. The molecule has 0 spiro atoms. The lowest BCUT2D eigenvalue weighted by molar-refractivity contribution is -0.141. The van der Waals surface area contributed by atoms with Crippen molar-refractivity contribution in [3.05, 3.63) is 34.9 Å². The summed E-state index contributed by atoms with van der Waals surface area (Å²) in [7, 11) is 0. The van der Waals surface area contributed by atoms with Crippen LogP contribution in [0.5, 0.6) is 0 Å². The fraction of sp³-hybridized carbons (Fsp3) is 0.529.